The van der Waals surface area contributed by atoms with Gasteiger partial charge in [0, 0.05) is 24.7 Å². The van der Waals surface area contributed by atoms with Crippen LogP contribution in [0, 0.1) is 30.1 Å². The molecule has 3 heteroatoms. The van der Waals surface area contributed by atoms with Gasteiger partial charge in [0.25, 0.3) is 0 Å². The van der Waals surface area contributed by atoms with Crippen molar-refractivity contribution in [1.29, 1.82) is 5.26 Å². The van der Waals surface area contributed by atoms with Crippen LogP contribution in [-0.4, -0.2) is 10.9 Å². The highest BCUT2D eigenvalue weighted by Crippen LogP contribution is 2.11. The number of rotatable bonds is 2. The second kappa shape index (κ2) is 6.78. The summed E-state index contributed by atoms with van der Waals surface area (Å²) < 4.78 is 0. The summed E-state index contributed by atoms with van der Waals surface area (Å²) in [7, 11) is 0. The van der Waals surface area contributed by atoms with Crippen LogP contribution in [0.5, 0.6) is 0 Å². The van der Waals surface area contributed by atoms with Crippen LogP contribution in [0.25, 0.3) is 0 Å². The molecule has 2 nitrogen and oxygen atoms in total. The Morgan fingerprint density at radius 1 is 1.47 bits per heavy atom. The van der Waals surface area contributed by atoms with Gasteiger partial charge >= 0.3 is 0 Å². The molecule has 0 heterocycles. The van der Waals surface area contributed by atoms with E-state index in [-0.39, 0.29) is 5.12 Å². The van der Waals surface area contributed by atoms with Gasteiger partial charge in [-0.15, -0.1) is 0 Å². The molecular formula is C14H13NOS. The first-order valence-electron chi connectivity index (χ1n) is 5.27. The lowest BCUT2D eigenvalue weighted by Crippen LogP contribution is -1.88. The summed E-state index contributed by atoms with van der Waals surface area (Å²) >= 11 is 1.27. The average Bonchev–Trinajstić information content (AvgIpc) is 2.30. The minimum Gasteiger partial charge on any atom is -0.288 e. The molecule has 1 aromatic carbocycles. The topological polar surface area (TPSA) is 40.9 Å². The maximum Gasteiger partial charge on any atom is 0.185 e. The molecule has 0 aromatic heterocycles. The number of aryl methyl sites for hydroxylation is 1. The van der Waals surface area contributed by atoms with Crippen molar-refractivity contribution in [3.8, 4) is 17.9 Å². The van der Waals surface area contributed by atoms with Gasteiger partial charge < -0.3 is 0 Å². The molecule has 0 spiro atoms. The predicted octanol–water partition coefficient (Wildman–Crippen LogP) is 2.89. The summed E-state index contributed by atoms with van der Waals surface area (Å²) in [6.45, 7) is 3.49. The molecule has 0 fully saturated rings. The van der Waals surface area contributed by atoms with Crippen molar-refractivity contribution in [3.05, 3.63) is 34.9 Å². The van der Waals surface area contributed by atoms with Crippen LogP contribution < -0.4 is 0 Å². The van der Waals surface area contributed by atoms with Crippen LogP contribution in [0.1, 0.15) is 30.0 Å². The van der Waals surface area contributed by atoms with E-state index >= 15 is 0 Å². The van der Waals surface area contributed by atoms with Crippen molar-refractivity contribution in [2.45, 2.75) is 20.3 Å². The zero-order valence-corrected chi connectivity index (χ0v) is 10.7. The monoisotopic (exact) mass is 243 g/mol. The second-order valence-electron chi connectivity index (χ2n) is 3.50. The van der Waals surface area contributed by atoms with Crippen molar-refractivity contribution >= 4 is 16.9 Å². The van der Waals surface area contributed by atoms with Crippen LogP contribution in [0.3, 0.4) is 0 Å². The Balaban J connectivity index is 2.72. The summed E-state index contributed by atoms with van der Waals surface area (Å²) in [5.41, 5.74) is 2.41. The molecule has 0 unspecified atom stereocenters. The molecule has 0 aliphatic carbocycles. The molecule has 0 aliphatic rings. The van der Waals surface area contributed by atoms with E-state index in [0.29, 0.717) is 17.7 Å². The summed E-state index contributed by atoms with van der Waals surface area (Å²) in [4.78, 5) is 10.7. The van der Waals surface area contributed by atoms with Crippen LogP contribution in [0.2, 0.25) is 0 Å². The Morgan fingerprint density at radius 2 is 2.24 bits per heavy atom. The van der Waals surface area contributed by atoms with Crippen molar-refractivity contribution in [2.24, 2.45) is 0 Å². The average molecular weight is 243 g/mol. The Morgan fingerprint density at radius 3 is 2.88 bits per heavy atom. The first kappa shape index (κ1) is 13.4. The highest BCUT2D eigenvalue weighted by molar-refractivity contribution is 8.13. The number of carbonyl (C=O) groups is 1. The van der Waals surface area contributed by atoms with Crippen LogP contribution in [0.15, 0.2) is 18.2 Å². The second-order valence-corrected chi connectivity index (χ2v) is 4.77. The van der Waals surface area contributed by atoms with E-state index in [4.69, 9.17) is 5.26 Å². The van der Waals surface area contributed by atoms with Gasteiger partial charge in [0.05, 0.1) is 5.56 Å². The molecule has 0 saturated carbocycles. The van der Waals surface area contributed by atoms with E-state index < -0.39 is 0 Å². The maximum atomic E-state index is 10.7. The van der Waals surface area contributed by atoms with Gasteiger partial charge in [-0.25, -0.2) is 0 Å². The van der Waals surface area contributed by atoms with Crippen molar-refractivity contribution in [1.82, 2.24) is 0 Å². The number of hydrogen-bond acceptors (Lipinski definition) is 3. The van der Waals surface area contributed by atoms with Gasteiger partial charge in [-0.05, 0) is 18.6 Å². The summed E-state index contributed by atoms with van der Waals surface area (Å²) in [5, 5.41) is 9.06. The number of thioether (sulfide) groups is 1. The number of carbonyl (C=O) groups excluding carboxylic acids is 1. The predicted molar refractivity (Wildman–Crippen MR) is 70.5 cm³/mol. The first-order valence-corrected chi connectivity index (χ1v) is 6.25. The molecule has 86 valence electrons. The van der Waals surface area contributed by atoms with Gasteiger partial charge in [-0.1, -0.05) is 35.7 Å². The minimum absolute atomic E-state index is 0.111. The van der Waals surface area contributed by atoms with E-state index in [9.17, 15) is 4.79 Å². The maximum absolute atomic E-state index is 10.7. The van der Waals surface area contributed by atoms with Gasteiger partial charge in [-0.3, -0.25) is 4.79 Å². The van der Waals surface area contributed by atoms with E-state index in [1.54, 1.807) is 13.0 Å². The molecule has 0 amide bonds. The largest absolute Gasteiger partial charge is 0.288 e. The first-order chi connectivity index (χ1) is 8.15. The van der Waals surface area contributed by atoms with Gasteiger partial charge in [0.1, 0.15) is 6.07 Å². The Kier molecular flexibility index (Phi) is 5.33. The highest BCUT2D eigenvalue weighted by Gasteiger charge is 2.00. The molecule has 17 heavy (non-hydrogen) atoms. The quantitative estimate of drug-likeness (QED) is 0.592. The Labute approximate surface area is 106 Å². The molecule has 0 radical (unpaired) electrons. The van der Waals surface area contributed by atoms with E-state index in [1.807, 2.05) is 19.1 Å². The van der Waals surface area contributed by atoms with Crippen molar-refractivity contribution < 1.29 is 4.79 Å². The van der Waals surface area contributed by atoms with E-state index in [2.05, 4.69) is 17.9 Å². The van der Waals surface area contributed by atoms with Crippen molar-refractivity contribution in [3.63, 3.8) is 0 Å². The standard InChI is InChI=1S/C14H13NOS/c1-11-6-5-7-13(10-15)14(11)8-3-4-9-17-12(2)16/h5-7H,4,9H2,1-2H3. The van der Waals surface area contributed by atoms with Gasteiger partial charge in [0.2, 0.25) is 0 Å². The SMILES string of the molecule is CC(=O)SCCC#Cc1c(C)cccc1C#N. The molecule has 0 saturated heterocycles. The summed E-state index contributed by atoms with van der Waals surface area (Å²) in [5.74, 6) is 6.71. The summed E-state index contributed by atoms with van der Waals surface area (Å²) in [6, 6.07) is 7.69. The lowest BCUT2D eigenvalue weighted by molar-refractivity contribution is -0.109. The number of benzene rings is 1. The number of nitriles is 1. The van der Waals surface area contributed by atoms with E-state index in [0.717, 1.165) is 11.1 Å². The van der Waals surface area contributed by atoms with E-state index in [1.165, 1.54) is 11.8 Å². The third-order valence-electron chi connectivity index (χ3n) is 2.14. The normalized spacial score (nSPS) is 9.00. The number of hydrogen-bond donors (Lipinski definition) is 0. The molecule has 0 N–H and O–H groups in total. The minimum atomic E-state index is 0.111. The molecular weight excluding hydrogens is 230 g/mol. The van der Waals surface area contributed by atoms with Gasteiger partial charge in [-0.2, -0.15) is 5.26 Å². The lowest BCUT2D eigenvalue weighted by Gasteiger charge is -1.99. The Bertz CT molecular complexity index is 517. The zero-order valence-electron chi connectivity index (χ0n) is 9.91. The van der Waals surface area contributed by atoms with Crippen LogP contribution >= 0.6 is 11.8 Å². The molecule has 1 rings (SSSR count). The fourth-order valence-corrected chi connectivity index (χ4v) is 1.82. The summed E-state index contributed by atoms with van der Waals surface area (Å²) in [6.07, 6.45) is 0.656. The fourth-order valence-electron chi connectivity index (χ4n) is 1.32. The Hall–Kier alpha value is -1.71. The zero-order chi connectivity index (χ0) is 12.7. The smallest absolute Gasteiger partial charge is 0.185 e. The highest BCUT2D eigenvalue weighted by atomic mass is 32.2. The third-order valence-corrected chi connectivity index (χ3v) is 2.95. The molecule has 1 aromatic rings. The van der Waals surface area contributed by atoms with Crippen molar-refractivity contribution in [2.75, 3.05) is 5.75 Å². The molecule has 0 aliphatic heterocycles. The van der Waals surface area contributed by atoms with Gasteiger partial charge in [0.15, 0.2) is 5.12 Å². The fraction of sp³-hybridized carbons (Fsp3) is 0.286. The third kappa shape index (κ3) is 4.34. The molecule has 0 atom stereocenters. The van der Waals surface area contributed by atoms with Crippen LogP contribution in [0.4, 0.5) is 0 Å². The number of nitrogens with zero attached hydrogens (tertiary/aromatic N) is 1. The molecule has 0 bridgehead atoms. The van der Waals surface area contributed by atoms with Crippen LogP contribution in [-0.2, 0) is 4.79 Å². The lowest BCUT2D eigenvalue weighted by atomic mass is 10.0.